The molecule has 6 rings (SSSR count). The molecule has 0 fully saturated rings. The maximum atomic E-state index is 14.1. The Morgan fingerprint density at radius 1 is 0.917 bits per heavy atom. The van der Waals surface area contributed by atoms with E-state index >= 15 is 0 Å². The molecule has 0 radical (unpaired) electrons. The van der Waals surface area contributed by atoms with Gasteiger partial charge in [-0.15, -0.1) is 5.10 Å². The molecule has 4 aromatic carbocycles. The average Bonchev–Trinajstić information content (AvgIpc) is 3.50. The van der Waals surface area contributed by atoms with Crippen LogP contribution in [-0.2, 0) is 17.2 Å². The highest BCUT2D eigenvalue weighted by atomic mass is 35.5. The Bertz CT molecular complexity index is 1980. The molecule has 9 nitrogen and oxygen atoms in total. The van der Waals surface area contributed by atoms with E-state index in [4.69, 9.17) is 47.5 Å². The predicted molar refractivity (Wildman–Crippen MR) is 191 cm³/mol. The summed E-state index contributed by atoms with van der Waals surface area (Å²) in [5.41, 5.74) is 4.21. The number of thioether (sulfide) groups is 1. The third-order valence-corrected chi connectivity index (χ3v) is 9.30. The fraction of sp³-hybridized carbons (Fsp3) is 0.194. The summed E-state index contributed by atoms with van der Waals surface area (Å²) in [5.74, 6) is 2.38. The molecule has 1 amide bonds. The number of hydrogen-bond donors (Lipinski definition) is 2. The number of anilines is 2. The standard InChI is InChI=1S/C36H33Cl2N5O4S/c1-4-46-31-19-23(17-18-30(31)47-20-24-11-5-7-13-26(24)37)33-32(34(44)40-28-15-9-10-16-29(28)45-3)22(2)39-35-41-36(42-43(33)35)48-21-25-12-6-8-14-27(25)38/h5-19,33H,4,20-21H2,1-3H3,(H,40,44)(H,39,41,42). The SMILES string of the molecule is CCOc1cc(C2C(C(=O)Nc3ccccc3OC)=C(C)Nc3nc(SCc4ccccc4Cl)nn32)ccc1OCc1ccccc1Cl. The van der Waals surface area contributed by atoms with E-state index in [0.717, 1.165) is 16.7 Å². The molecule has 1 unspecified atom stereocenters. The Labute approximate surface area is 293 Å². The lowest BCUT2D eigenvalue weighted by atomic mass is 9.94. The highest BCUT2D eigenvalue weighted by Crippen LogP contribution is 2.41. The number of ether oxygens (including phenoxy) is 3. The van der Waals surface area contributed by atoms with Crippen molar-refractivity contribution >= 4 is 52.5 Å². The normalized spacial score (nSPS) is 13.8. The molecule has 1 aliphatic rings. The molecule has 0 aliphatic carbocycles. The van der Waals surface area contributed by atoms with Gasteiger partial charge in [0, 0.05) is 27.1 Å². The maximum Gasteiger partial charge on any atom is 0.255 e. The van der Waals surface area contributed by atoms with Crippen molar-refractivity contribution in [3.63, 3.8) is 0 Å². The maximum absolute atomic E-state index is 14.1. The Hall–Kier alpha value is -4.64. The molecular weight excluding hydrogens is 669 g/mol. The van der Waals surface area contributed by atoms with Gasteiger partial charge in [-0.1, -0.05) is 89.6 Å². The van der Waals surface area contributed by atoms with Crippen LogP contribution in [0.5, 0.6) is 17.2 Å². The summed E-state index contributed by atoms with van der Waals surface area (Å²) in [4.78, 5) is 18.9. The number of carbonyl (C=O) groups excluding carboxylic acids is 1. The fourth-order valence-corrected chi connectivity index (χ4v) is 6.65. The summed E-state index contributed by atoms with van der Waals surface area (Å²) in [7, 11) is 1.56. The number of para-hydroxylation sites is 2. The molecule has 48 heavy (non-hydrogen) atoms. The van der Waals surface area contributed by atoms with E-state index in [1.165, 1.54) is 11.8 Å². The van der Waals surface area contributed by atoms with Crippen LogP contribution < -0.4 is 24.8 Å². The summed E-state index contributed by atoms with van der Waals surface area (Å²) < 4.78 is 19.5. The minimum atomic E-state index is -0.657. The van der Waals surface area contributed by atoms with Gasteiger partial charge in [0.2, 0.25) is 11.1 Å². The van der Waals surface area contributed by atoms with Crippen LogP contribution in [0, 0.1) is 0 Å². The Balaban J connectivity index is 1.37. The van der Waals surface area contributed by atoms with Crippen molar-refractivity contribution in [3.05, 3.63) is 129 Å². The monoisotopic (exact) mass is 701 g/mol. The topological polar surface area (TPSA) is 99.5 Å². The van der Waals surface area contributed by atoms with E-state index in [1.54, 1.807) is 23.9 Å². The molecule has 1 aromatic heterocycles. The molecular formula is C36H33Cl2N5O4S. The van der Waals surface area contributed by atoms with Gasteiger partial charge in [-0.25, -0.2) is 4.68 Å². The number of fused-ring (bicyclic) bond motifs is 1. The van der Waals surface area contributed by atoms with E-state index in [2.05, 4.69) is 10.6 Å². The van der Waals surface area contributed by atoms with Crippen molar-refractivity contribution in [1.29, 1.82) is 0 Å². The number of amides is 1. The highest BCUT2D eigenvalue weighted by Gasteiger charge is 2.35. The van der Waals surface area contributed by atoms with Gasteiger partial charge in [-0.3, -0.25) is 4.79 Å². The number of nitrogens with one attached hydrogen (secondary N) is 2. The number of carbonyl (C=O) groups is 1. The number of benzene rings is 4. The van der Waals surface area contributed by atoms with E-state index in [-0.39, 0.29) is 12.5 Å². The number of methoxy groups -OCH3 is 1. The van der Waals surface area contributed by atoms with Gasteiger partial charge >= 0.3 is 0 Å². The molecule has 0 spiro atoms. The number of allylic oxidation sites excluding steroid dienone is 1. The molecule has 0 bridgehead atoms. The molecule has 2 N–H and O–H groups in total. The quantitative estimate of drug-likeness (QED) is 0.125. The van der Waals surface area contributed by atoms with Gasteiger partial charge < -0.3 is 24.8 Å². The number of nitrogens with zero attached hydrogens (tertiary/aromatic N) is 3. The van der Waals surface area contributed by atoms with Gasteiger partial charge in [-0.2, -0.15) is 4.98 Å². The van der Waals surface area contributed by atoms with Gasteiger partial charge in [0.1, 0.15) is 18.4 Å². The van der Waals surface area contributed by atoms with Crippen LogP contribution in [0.3, 0.4) is 0 Å². The van der Waals surface area contributed by atoms with Crippen molar-refractivity contribution in [3.8, 4) is 17.2 Å². The van der Waals surface area contributed by atoms with E-state index in [1.807, 2.05) is 92.7 Å². The van der Waals surface area contributed by atoms with Crippen LogP contribution >= 0.6 is 35.0 Å². The second-order valence-electron chi connectivity index (χ2n) is 10.8. The lowest BCUT2D eigenvalue weighted by Gasteiger charge is -2.29. The lowest BCUT2D eigenvalue weighted by Crippen LogP contribution is -2.31. The molecule has 246 valence electrons. The number of hydrogen-bond acceptors (Lipinski definition) is 8. The number of halogens is 2. The van der Waals surface area contributed by atoms with Gasteiger partial charge in [-0.05, 0) is 61.4 Å². The molecule has 2 heterocycles. The van der Waals surface area contributed by atoms with Crippen LogP contribution in [0.25, 0.3) is 0 Å². The highest BCUT2D eigenvalue weighted by molar-refractivity contribution is 7.98. The summed E-state index contributed by atoms with van der Waals surface area (Å²) >= 11 is 14.2. The first kappa shape index (κ1) is 33.3. The van der Waals surface area contributed by atoms with Crippen LogP contribution in [0.1, 0.15) is 36.6 Å². The second kappa shape index (κ2) is 15.1. The summed E-state index contributed by atoms with van der Waals surface area (Å²) in [6.45, 7) is 4.43. The third kappa shape index (κ3) is 7.26. The predicted octanol–water partition coefficient (Wildman–Crippen LogP) is 8.79. The zero-order valence-electron chi connectivity index (χ0n) is 26.5. The zero-order chi connectivity index (χ0) is 33.6. The zero-order valence-corrected chi connectivity index (χ0v) is 28.8. The number of aromatic nitrogens is 3. The lowest BCUT2D eigenvalue weighted by molar-refractivity contribution is -0.113. The molecule has 0 saturated carbocycles. The number of rotatable bonds is 12. The molecule has 0 saturated heterocycles. The molecule has 1 aliphatic heterocycles. The van der Waals surface area contributed by atoms with Gasteiger partial charge in [0.25, 0.3) is 5.91 Å². The molecule has 12 heteroatoms. The first-order valence-electron chi connectivity index (χ1n) is 15.2. The summed E-state index contributed by atoms with van der Waals surface area (Å²) in [6, 6.07) is 27.5. The molecule has 1 atom stereocenters. The van der Waals surface area contributed by atoms with E-state index in [0.29, 0.717) is 67.7 Å². The van der Waals surface area contributed by atoms with Crippen LogP contribution in [0.2, 0.25) is 10.0 Å². The van der Waals surface area contributed by atoms with E-state index < -0.39 is 6.04 Å². The summed E-state index contributed by atoms with van der Waals surface area (Å²) in [5, 5.41) is 13.0. The van der Waals surface area contributed by atoms with Crippen molar-refractivity contribution in [2.75, 3.05) is 24.4 Å². The van der Waals surface area contributed by atoms with Crippen molar-refractivity contribution in [1.82, 2.24) is 14.8 Å². The van der Waals surface area contributed by atoms with Crippen LogP contribution in [0.15, 0.2) is 107 Å². The van der Waals surface area contributed by atoms with Crippen LogP contribution in [-0.4, -0.2) is 34.4 Å². The van der Waals surface area contributed by atoms with Crippen molar-refractivity contribution in [2.24, 2.45) is 0 Å². The van der Waals surface area contributed by atoms with Crippen molar-refractivity contribution < 1.29 is 19.0 Å². The third-order valence-electron chi connectivity index (χ3n) is 7.67. The minimum absolute atomic E-state index is 0.261. The second-order valence-corrected chi connectivity index (χ2v) is 12.5. The van der Waals surface area contributed by atoms with Crippen LogP contribution in [0.4, 0.5) is 11.6 Å². The van der Waals surface area contributed by atoms with E-state index in [9.17, 15) is 4.79 Å². The first-order valence-corrected chi connectivity index (χ1v) is 17.0. The molecule has 5 aromatic rings. The minimum Gasteiger partial charge on any atom is -0.495 e. The van der Waals surface area contributed by atoms with Gasteiger partial charge in [0.15, 0.2) is 11.5 Å². The average molecular weight is 703 g/mol. The first-order chi connectivity index (χ1) is 23.4. The Kier molecular flexibility index (Phi) is 10.4. The fourth-order valence-electron chi connectivity index (χ4n) is 5.34. The van der Waals surface area contributed by atoms with Crippen molar-refractivity contribution in [2.45, 2.75) is 37.4 Å². The smallest absolute Gasteiger partial charge is 0.255 e. The largest absolute Gasteiger partial charge is 0.495 e. The Morgan fingerprint density at radius 2 is 1.62 bits per heavy atom. The Morgan fingerprint density at radius 3 is 2.35 bits per heavy atom. The van der Waals surface area contributed by atoms with Gasteiger partial charge in [0.05, 0.1) is 25.0 Å². The summed E-state index contributed by atoms with van der Waals surface area (Å²) in [6.07, 6.45) is 0.